The number of carbonyl (C=O) groups excluding carboxylic acids is 3. The van der Waals surface area contributed by atoms with Crippen LogP contribution in [0.25, 0.3) is 0 Å². The van der Waals surface area contributed by atoms with Gasteiger partial charge in [0.1, 0.15) is 6.10 Å². The number of alkyl halides is 1. The molecule has 0 bridgehead atoms. The van der Waals surface area contributed by atoms with E-state index in [1.165, 1.54) is 4.90 Å². The third-order valence-electron chi connectivity index (χ3n) is 11.3. The quantitative estimate of drug-likeness (QED) is 0.0640. The number of halogens is 1. The van der Waals surface area contributed by atoms with Crippen LogP contribution in [0.15, 0.2) is 60.7 Å². The van der Waals surface area contributed by atoms with E-state index in [4.69, 9.17) is 25.2 Å². The highest BCUT2D eigenvalue weighted by Crippen LogP contribution is 2.46. The lowest BCUT2D eigenvalue weighted by Gasteiger charge is -2.55. The molecular formula is C38H56ClNO6Si2. The summed E-state index contributed by atoms with van der Waals surface area (Å²) >= 11 is 6.96. The number of ether oxygens (including phenoxy) is 1. The third-order valence-corrected chi connectivity index (χ3v) is 20.9. The Kier molecular flexibility index (Phi) is 12.6. The summed E-state index contributed by atoms with van der Waals surface area (Å²) in [4.78, 5) is 43.8. The summed E-state index contributed by atoms with van der Waals surface area (Å²) in [6, 6.07) is 21.2. The van der Waals surface area contributed by atoms with Gasteiger partial charge in [-0.1, -0.05) is 114 Å². The first-order valence-corrected chi connectivity index (χ1v) is 23.6. The Bertz CT molecular complexity index is 1350. The van der Waals surface area contributed by atoms with E-state index in [1.807, 2.05) is 67.6 Å². The summed E-state index contributed by atoms with van der Waals surface area (Å²) in [6.07, 6.45) is 0.402. The minimum Gasteiger partial charge on any atom is -0.450 e. The molecule has 1 heterocycles. The van der Waals surface area contributed by atoms with E-state index in [0.717, 1.165) is 35.7 Å². The van der Waals surface area contributed by atoms with Gasteiger partial charge in [0.05, 0.1) is 18.1 Å². The van der Waals surface area contributed by atoms with Crippen LogP contribution in [0.1, 0.15) is 85.0 Å². The van der Waals surface area contributed by atoms with Crippen LogP contribution in [0, 0.1) is 11.8 Å². The fourth-order valence-electron chi connectivity index (χ4n) is 7.13. The summed E-state index contributed by atoms with van der Waals surface area (Å²) in [6.45, 7) is 19.2. The SMILES string of the molecule is CC[Si](CC)(CC)O[C@H]1CCC[C@H]([C@@H]2[C@@H]([C@@H](C)O[Si](C)(C)C(C)(C)C)C(=O)N2C(Cl)C(=O)OC(c2ccccc2)c2ccccc2)C1=O. The summed E-state index contributed by atoms with van der Waals surface area (Å²) in [7, 11) is -4.33. The van der Waals surface area contributed by atoms with Crippen molar-refractivity contribution in [3.05, 3.63) is 71.8 Å². The average molecular weight is 714 g/mol. The number of hydrogen-bond acceptors (Lipinski definition) is 6. The molecule has 10 heteroatoms. The van der Waals surface area contributed by atoms with Crippen LogP contribution >= 0.6 is 11.6 Å². The predicted molar refractivity (Wildman–Crippen MR) is 197 cm³/mol. The number of amides is 1. The molecule has 0 spiro atoms. The standard InChI is InChI=1S/C38H56ClNO6Si2/c1-10-48(11-2,12-3)46-30-25-19-24-29(33(30)41)32-31(26(4)45-47(8,9)38(5,6)7)36(42)40(32)35(39)37(43)44-34(27-20-15-13-16-21-27)28-22-17-14-18-23-28/h13-18,20-23,26,29-32,34-35H,10-12,19,24-25H2,1-9H3/t26-,29-,30+,31-,32-,35?/m1/s1. The fourth-order valence-corrected chi connectivity index (χ4v) is 11.7. The van der Waals surface area contributed by atoms with E-state index in [2.05, 4.69) is 54.6 Å². The maximum Gasteiger partial charge on any atom is 0.345 e. The highest BCUT2D eigenvalue weighted by molar-refractivity contribution is 6.74. The molecule has 48 heavy (non-hydrogen) atoms. The number of carbonyl (C=O) groups is 3. The molecule has 1 amide bonds. The highest BCUT2D eigenvalue weighted by Gasteiger charge is 2.60. The molecule has 0 radical (unpaired) electrons. The van der Waals surface area contributed by atoms with Crippen LogP contribution < -0.4 is 0 Å². The molecule has 2 fully saturated rings. The number of nitrogens with zero attached hydrogens (tertiary/aromatic N) is 1. The summed E-state index contributed by atoms with van der Waals surface area (Å²) in [5.74, 6) is -2.11. The minimum atomic E-state index is -2.27. The molecule has 2 aliphatic rings. The Morgan fingerprint density at radius 2 is 1.44 bits per heavy atom. The van der Waals surface area contributed by atoms with E-state index in [-0.39, 0.29) is 16.7 Å². The molecule has 4 rings (SSSR count). The van der Waals surface area contributed by atoms with Crippen LogP contribution in [-0.4, -0.2) is 62.9 Å². The molecule has 0 aromatic heterocycles. The van der Waals surface area contributed by atoms with Crippen molar-refractivity contribution in [1.82, 2.24) is 4.90 Å². The number of benzene rings is 2. The number of hydrogen-bond donors (Lipinski definition) is 0. The van der Waals surface area contributed by atoms with Gasteiger partial charge in [-0.2, -0.15) is 0 Å². The molecule has 1 aliphatic carbocycles. The maximum absolute atomic E-state index is 14.4. The molecule has 264 valence electrons. The van der Waals surface area contributed by atoms with Crippen molar-refractivity contribution in [3.8, 4) is 0 Å². The zero-order chi connectivity index (χ0) is 35.4. The smallest absolute Gasteiger partial charge is 0.345 e. The Hall–Kier alpha value is -2.31. The molecule has 6 atom stereocenters. The van der Waals surface area contributed by atoms with Crippen LogP contribution in [0.5, 0.6) is 0 Å². The first-order chi connectivity index (χ1) is 22.6. The molecular weight excluding hydrogens is 658 g/mol. The predicted octanol–water partition coefficient (Wildman–Crippen LogP) is 8.88. The van der Waals surface area contributed by atoms with Crippen molar-refractivity contribution in [3.63, 3.8) is 0 Å². The third kappa shape index (κ3) is 8.01. The number of β-lactam (4-membered cyclic amide) rings is 1. The number of Topliss-reactive ketones (excluding diaryl/α,β-unsaturated/α-hetero) is 1. The van der Waals surface area contributed by atoms with Gasteiger partial charge in [-0.3, -0.25) is 9.59 Å². The van der Waals surface area contributed by atoms with E-state index in [0.29, 0.717) is 12.8 Å². The number of rotatable bonds is 14. The highest BCUT2D eigenvalue weighted by atomic mass is 35.5. The second-order valence-corrected chi connectivity index (χ2v) is 25.0. The number of ketones is 1. The average Bonchev–Trinajstić information content (AvgIpc) is 3.06. The summed E-state index contributed by atoms with van der Waals surface area (Å²) in [5.41, 5.74) is 0.178. The van der Waals surface area contributed by atoms with Crippen molar-refractivity contribution in [2.75, 3.05) is 0 Å². The topological polar surface area (TPSA) is 82.1 Å². The van der Waals surface area contributed by atoms with E-state index < -0.39 is 64.3 Å². The van der Waals surface area contributed by atoms with Gasteiger partial charge >= 0.3 is 5.97 Å². The van der Waals surface area contributed by atoms with Gasteiger partial charge in [-0.05, 0) is 73.6 Å². The van der Waals surface area contributed by atoms with Crippen LogP contribution in [0.3, 0.4) is 0 Å². The number of likely N-dealkylation sites (tertiary alicyclic amines) is 1. The first-order valence-electron chi connectivity index (χ1n) is 17.8. The van der Waals surface area contributed by atoms with Crippen molar-refractivity contribution < 1.29 is 28.0 Å². The van der Waals surface area contributed by atoms with Gasteiger partial charge in [0.2, 0.25) is 11.4 Å². The van der Waals surface area contributed by atoms with Gasteiger partial charge in [-0.25, -0.2) is 4.79 Å². The zero-order valence-electron chi connectivity index (χ0n) is 30.3. The molecule has 0 N–H and O–H groups in total. The Labute approximate surface area is 295 Å². The van der Waals surface area contributed by atoms with Gasteiger partial charge < -0.3 is 18.5 Å². The Morgan fingerprint density at radius 3 is 1.92 bits per heavy atom. The lowest BCUT2D eigenvalue weighted by atomic mass is 9.69. The van der Waals surface area contributed by atoms with Crippen molar-refractivity contribution in [1.29, 1.82) is 0 Å². The van der Waals surface area contributed by atoms with Crippen LogP contribution in [-0.2, 0) is 28.0 Å². The first kappa shape index (κ1) is 38.5. The largest absolute Gasteiger partial charge is 0.450 e. The minimum absolute atomic E-state index is 0.0178. The van der Waals surface area contributed by atoms with Crippen LogP contribution in [0.4, 0.5) is 0 Å². The van der Waals surface area contributed by atoms with E-state index in [9.17, 15) is 14.4 Å². The van der Waals surface area contributed by atoms with Gasteiger partial charge in [-0.15, -0.1) is 0 Å². The molecule has 1 aliphatic heterocycles. The molecule has 2 aromatic carbocycles. The molecule has 1 saturated carbocycles. The normalized spacial score (nSPS) is 23.5. The number of esters is 1. The molecule has 1 unspecified atom stereocenters. The molecule has 1 saturated heterocycles. The summed E-state index contributed by atoms with van der Waals surface area (Å²) < 4.78 is 19.6. The summed E-state index contributed by atoms with van der Waals surface area (Å²) in [5, 5.41) is -0.0695. The molecule has 7 nitrogen and oxygen atoms in total. The Balaban J connectivity index is 1.66. The monoisotopic (exact) mass is 713 g/mol. The lowest BCUT2D eigenvalue weighted by Crippen LogP contribution is -2.72. The Morgan fingerprint density at radius 1 is 0.917 bits per heavy atom. The fraction of sp³-hybridized carbons (Fsp3) is 0.605. The van der Waals surface area contributed by atoms with Crippen molar-refractivity contribution >= 4 is 45.9 Å². The van der Waals surface area contributed by atoms with Crippen LogP contribution in [0.2, 0.25) is 36.3 Å². The molecule has 2 aromatic rings. The van der Waals surface area contributed by atoms with E-state index >= 15 is 0 Å². The second-order valence-electron chi connectivity index (χ2n) is 15.1. The van der Waals surface area contributed by atoms with Gasteiger partial charge in [0.15, 0.2) is 28.5 Å². The maximum atomic E-state index is 14.4. The lowest BCUT2D eigenvalue weighted by molar-refractivity contribution is -0.181. The van der Waals surface area contributed by atoms with Crippen molar-refractivity contribution in [2.24, 2.45) is 11.8 Å². The van der Waals surface area contributed by atoms with E-state index in [1.54, 1.807) is 0 Å². The van der Waals surface area contributed by atoms with Gasteiger partial charge in [0, 0.05) is 5.92 Å². The van der Waals surface area contributed by atoms with Crippen molar-refractivity contribution in [2.45, 2.75) is 134 Å². The second kappa shape index (κ2) is 15.7. The zero-order valence-corrected chi connectivity index (χ0v) is 33.1. The van der Waals surface area contributed by atoms with Gasteiger partial charge in [0.25, 0.3) is 0 Å².